The van der Waals surface area contributed by atoms with Gasteiger partial charge in [0.25, 0.3) is 0 Å². The van der Waals surface area contributed by atoms with Crippen molar-refractivity contribution in [1.29, 1.82) is 0 Å². The molecule has 0 saturated carbocycles. The highest BCUT2D eigenvalue weighted by Crippen LogP contribution is 2.41. The van der Waals surface area contributed by atoms with Gasteiger partial charge in [-0.25, -0.2) is 19.3 Å². The molecular weight excluding hydrogens is 487 g/mol. The highest BCUT2D eigenvalue weighted by atomic mass is 35.5. The van der Waals surface area contributed by atoms with Crippen LogP contribution in [0, 0.1) is 17.3 Å². The normalized spacial score (nSPS) is 19.3. The van der Waals surface area contributed by atoms with Crippen LogP contribution in [0.2, 0.25) is 21.8 Å². The Kier molecular flexibility index (Phi) is 8.23. The van der Waals surface area contributed by atoms with Gasteiger partial charge in [0.2, 0.25) is 0 Å². The van der Waals surface area contributed by atoms with E-state index >= 15 is 4.39 Å². The number of rotatable bonds is 5. The lowest BCUT2D eigenvalue weighted by Gasteiger charge is -2.38. The molecule has 5 nitrogen and oxygen atoms in total. The number of halogens is 2. The second kappa shape index (κ2) is 10.3. The molecule has 2 aromatic heterocycles. The van der Waals surface area contributed by atoms with Gasteiger partial charge < -0.3 is 10.0 Å². The van der Waals surface area contributed by atoms with Crippen LogP contribution in [0.3, 0.4) is 0 Å². The van der Waals surface area contributed by atoms with Gasteiger partial charge in [0.15, 0.2) is 16.1 Å². The second-order valence-corrected chi connectivity index (χ2v) is 17.2. The minimum Gasteiger partial charge on any atom is -0.388 e. The summed E-state index contributed by atoms with van der Waals surface area (Å²) in [5.74, 6) is 3.25. The lowest BCUT2D eigenvalue weighted by atomic mass is 9.95. The average molecular weight is 523 g/mol. The first-order chi connectivity index (χ1) is 15.8. The second-order valence-electron chi connectivity index (χ2n) is 10.5. The monoisotopic (exact) mass is 522 g/mol. The number of piperidine rings is 1. The van der Waals surface area contributed by atoms with Crippen LogP contribution in [-0.2, 0) is 0 Å². The van der Waals surface area contributed by atoms with Gasteiger partial charge >= 0.3 is 0 Å². The third kappa shape index (κ3) is 5.09. The lowest BCUT2D eigenvalue weighted by Crippen LogP contribution is -2.46. The van der Waals surface area contributed by atoms with E-state index < -0.39 is 19.5 Å². The van der Waals surface area contributed by atoms with Gasteiger partial charge in [-0.15, -0.1) is 5.54 Å². The first kappa shape index (κ1) is 27.2. The molecule has 1 saturated heterocycles. The molecule has 186 valence electrons. The van der Waals surface area contributed by atoms with E-state index in [2.05, 4.69) is 63.0 Å². The number of hydrogen-bond donors (Lipinski definition) is 1. The Morgan fingerprint density at radius 1 is 1.12 bits per heavy atom. The lowest BCUT2D eigenvalue weighted by molar-refractivity contribution is 0.0447. The summed E-state index contributed by atoms with van der Waals surface area (Å²) in [5, 5.41) is 11.4. The summed E-state index contributed by atoms with van der Waals surface area (Å²) in [4.78, 5) is 15.6. The fourth-order valence-electron chi connectivity index (χ4n) is 5.52. The number of aliphatic hydroxyl groups is 1. The molecule has 2 aromatic rings. The summed E-state index contributed by atoms with van der Waals surface area (Å²) in [6.07, 6.45) is 3.37. The van der Waals surface area contributed by atoms with E-state index in [-0.39, 0.29) is 10.7 Å². The van der Waals surface area contributed by atoms with Crippen LogP contribution in [0.1, 0.15) is 67.0 Å². The molecule has 1 atom stereocenters. The summed E-state index contributed by atoms with van der Waals surface area (Å²) in [6, 6.07) is 0. The number of anilines is 1. The maximum Gasteiger partial charge on any atom is 0.189 e. The van der Waals surface area contributed by atoms with Crippen molar-refractivity contribution in [2.75, 3.05) is 24.2 Å². The Bertz CT molecular complexity index is 1110. The number of pyridine rings is 1. The molecule has 0 radical (unpaired) electrons. The van der Waals surface area contributed by atoms with Crippen molar-refractivity contribution in [3.63, 3.8) is 0 Å². The van der Waals surface area contributed by atoms with E-state index in [1.165, 1.54) is 11.8 Å². The molecule has 9 heteroatoms. The summed E-state index contributed by atoms with van der Waals surface area (Å²) in [7, 11) is -2.06. The topological polar surface area (TPSA) is 62.1 Å². The fourth-order valence-corrected chi connectivity index (χ4v) is 11.3. The number of nitrogens with zero attached hydrogens (tertiary/aromatic N) is 4. The molecule has 34 heavy (non-hydrogen) atoms. The first-order valence-corrected chi connectivity index (χ1v) is 15.8. The van der Waals surface area contributed by atoms with E-state index in [0.29, 0.717) is 58.2 Å². The maximum absolute atomic E-state index is 15.3. The maximum atomic E-state index is 15.3. The molecule has 1 aliphatic rings. The highest BCUT2D eigenvalue weighted by molar-refractivity contribution is 7.98. The van der Waals surface area contributed by atoms with Gasteiger partial charge in [-0.2, -0.15) is 0 Å². The molecule has 1 N–H and O–H groups in total. The molecule has 3 rings (SSSR count). The van der Waals surface area contributed by atoms with Crippen molar-refractivity contribution in [2.45, 2.75) is 88.7 Å². The SMILES string of the molecule is CSc1nc(N2CCCC(C)(O)C2)c2c(C#C[Si](C(C)C)(C(C)C)C(C)C)nc(Cl)c(F)c2n1. The average Bonchev–Trinajstić information content (AvgIpc) is 2.75. The molecule has 0 amide bonds. The largest absolute Gasteiger partial charge is 0.388 e. The Morgan fingerprint density at radius 3 is 2.26 bits per heavy atom. The molecule has 1 aliphatic heterocycles. The van der Waals surface area contributed by atoms with Crippen molar-refractivity contribution in [1.82, 2.24) is 15.0 Å². The van der Waals surface area contributed by atoms with Crippen LogP contribution in [0.4, 0.5) is 10.2 Å². The van der Waals surface area contributed by atoms with Gasteiger partial charge in [-0.05, 0) is 42.6 Å². The Balaban J connectivity index is 2.35. The Morgan fingerprint density at radius 2 is 1.74 bits per heavy atom. The van der Waals surface area contributed by atoms with Crippen LogP contribution in [0.15, 0.2) is 5.16 Å². The zero-order chi connectivity index (χ0) is 25.4. The predicted molar refractivity (Wildman–Crippen MR) is 144 cm³/mol. The summed E-state index contributed by atoms with van der Waals surface area (Å²) in [6.45, 7) is 16.4. The van der Waals surface area contributed by atoms with E-state index in [4.69, 9.17) is 16.6 Å². The zero-order valence-electron chi connectivity index (χ0n) is 21.5. The third-order valence-corrected chi connectivity index (χ3v) is 14.2. The number of thioether (sulfide) groups is 1. The smallest absolute Gasteiger partial charge is 0.189 e. The number of β-amino-alcohol motifs (C(OH)–C–C–N with tert-alkyl or cyclic N) is 1. The van der Waals surface area contributed by atoms with Crippen molar-refractivity contribution in [2.24, 2.45) is 0 Å². The van der Waals surface area contributed by atoms with Gasteiger partial charge in [0.1, 0.15) is 25.1 Å². The van der Waals surface area contributed by atoms with Crippen LogP contribution in [0.5, 0.6) is 0 Å². The summed E-state index contributed by atoms with van der Waals surface area (Å²) >= 11 is 7.59. The number of aromatic nitrogens is 3. The van der Waals surface area contributed by atoms with E-state index in [1.54, 1.807) is 0 Å². The first-order valence-electron chi connectivity index (χ1n) is 11.9. The van der Waals surface area contributed by atoms with E-state index in [0.717, 1.165) is 6.42 Å². The molecular formula is C25H36ClFN4OSSi. The van der Waals surface area contributed by atoms with Crippen LogP contribution < -0.4 is 4.90 Å². The minimum atomic E-state index is -2.06. The fraction of sp³-hybridized carbons (Fsp3) is 0.640. The Hall–Kier alpha value is -1.40. The Labute approximate surface area is 213 Å². The van der Waals surface area contributed by atoms with Crippen molar-refractivity contribution >= 4 is 48.2 Å². The van der Waals surface area contributed by atoms with Crippen molar-refractivity contribution in [3.05, 3.63) is 16.7 Å². The molecule has 3 heterocycles. The van der Waals surface area contributed by atoms with Gasteiger partial charge in [-0.1, -0.05) is 70.8 Å². The van der Waals surface area contributed by atoms with Gasteiger partial charge in [0, 0.05) is 13.1 Å². The third-order valence-electron chi connectivity index (χ3n) is 7.13. The molecule has 0 bridgehead atoms. The molecule has 0 aliphatic carbocycles. The molecule has 0 aromatic carbocycles. The minimum absolute atomic E-state index is 0.134. The summed E-state index contributed by atoms with van der Waals surface area (Å²) in [5.41, 5.74) is 4.70. The van der Waals surface area contributed by atoms with E-state index in [1.807, 2.05) is 18.1 Å². The predicted octanol–water partition coefficient (Wildman–Crippen LogP) is 6.46. The van der Waals surface area contributed by atoms with E-state index in [9.17, 15) is 5.11 Å². The van der Waals surface area contributed by atoms with Gasteiger partial charge in [0.05, 0.1) is 11.0 Å². The molecule has 1 fully saturated rings. The van der Waals surface area contributed by atoms with Crippen LogP contribution in [0.25, 0.3) is 10.9 Å². The zero-order valence-corrected chi connectivity index (χ0v) is 24.0. The highest BCUT2D eigenvalue weighted by Gasteiger charge is 2.42. The van der Waals surface area contributed by atoms with Crippen LogP contribution in [-0.4, -0.2) is 53.1 Å². The quantitative estimate of drug-likeness (QED) is 0.160. The van der Waals surface area contributed by atoms with Gasteiger partial charge in [-0.3, -0.25) is 0 Å². The van der Waals surface area contributed by atoms with Crippen molar-refractivity contribution in [3.8, 4) is 11.5 Å². The standard InChI is InChI=1S/C25H36ClFN4OSSi/c1-15(2)34(16(3)4,17(5)6)13-10-18-19-21(20(27)22(26)28-18)29-24(33-8)30-23(19)31-12-9-11-25(7,32)14-31/h15-17,32H,9,11-12,14H2,1-8H3. The van der Waals surface area contributed by atoms with Crippen LogP contribution >= 0.6 is 23.4 Å². The summed E-state index contributed by atoms with van der Waals surface area (Å²) < 4.78 is 15.3. The number of hydrogen-bond acceptors (Lipinski definition) is 6. The van der Waals surface area contributed by atoms with Crippen molar-refractivity contribution < 1.29 is 9.50 Å². The molecule has 0 spiro atoms. The molecule has 1 unspecified atom stereocenters. The number of fused-ring (bicyclic) bond motifs is 1.